The first kappa shape index (κ1) is 21.7. The molecule has 0 atom stereocenters. The topological polar surface area (TPSA) is 97.9 Å². The molecule has 1 aliphatic carbocycles. The number of carbonyl (C=O) groups is 1. The molecule has 0 saturated heterocycles. The van der Waals surface area contributed by atoms with Crippen molar-refractivity contribution in [2.45, 2.75) is 13.3 Å². The maximum absolute atomic E-state index is 12.4. The van der Waals surface area contributed by atoms with Crippen LogP contribution in [-0.2, 0) is 4.74 Å². The van der Waals surface area contributed by atoms with Crippen LogP contribution in [-0.4, -0.2) is 29.3 Å². The number of allylic oxidation sites excluding steroid dienone is 5. The molecule has 0 bridgehead atoms. The van der Waals surface area contributed by atoms with Gasteiger partial charge in [0, 0.05) is 11.9 Å². The molecule has 0 saturated carbocycles. The van der Waals surface area contributed by atoms with Crippen LogP contribution in [0.25, 0.3) is 5.52 Å². The summed E-state index contributed by atoms with van der Waals surface area (Å²) in [4.78, 5) is 12.4. The Labute approximate surface area is 191 Å². The van der Waals surface area contributed by atoms with E-state index in [9.17, 15) is 10.1 Å². The molecule has 0 fully saturated rings. The van der Waals surface area contributed by atoms with Crippen LogP contribution < -0.4 is 14.8 Å². The van der Waals surface area contributed by atoms with E-state index in [4.69, 9.17) is 14.2 Å². The Bertz CT molecular complexity index is 1310. The number of carbonyl (C=O) groups excluding carboxylic acids is 1. The van der Waals surface area contributed by atoms with Crippen molar-refractivity contribution in [2.24, 2.45) is 0 Å². The van der Waals surface area contributed by atoms with Gasteiger partial charge in [0.1, 0.15) is 28.7 Å². The molecule has 2 aromatic heterocycles. The minimum absolute atomic E-state index is 0.229. The van der Waals surface area contributed by atoms with Crippen LogP contribution in [0.4, 0.5) is 11.4 Å². The molecule has 0 spiro atoms. The lowest BCUT2D eigenvalue weighted by atomic mass is 10.2. The summed E-state index contributed by atoms with van der Waals surface area (Å²) in [5.41, 5.74) is 2.18. The number of hydrogen-bond donors (Lipinski definition) is 1. The Balaban J connectivity index is 1.67. The zero-order valence-electron chi connectivity index (χ0n) is 18.2. The van der Waals surface area contributed by atoms with Crippen LogP contribution in [0.1, 0.15) is 29.3 Å². The predicted molar refractivity (Wildman–Crippen MR) is 124 cm³/mol. The highest BCUT2D eigenvalue weighted by Crippen LogP contribution is 2.36. The fraction of sp³-hybridized carbons (Fsp3) is 0.160. The standard InChI is InChI=1S/C25H22N4O4/c1-3-32-25(30)21-16-29-23(24(21)31-2)22(17(14-26)15-27-29)28-18-10-12-20(13-11-18)33-19-8-6-4-5-7-9-19/h4,6-13,15-16,28H,3,5H2,1-2H3. The summed E-state index contributed by atoms with van der Waals surface area (Å²) < 4.78 is 18.0. The molecule has 3 aromatic rings. The van der Waals surface area contributed by atoms with Gasteiger partial charge >= 0.3 is 5.97 Å². The van der Waals surface area contributed by atoms with Gasteiger partial charge in [0.25, 0.3) is 0 Å². The number of nitrogens with zero attached hydrogens (tertiary/aromatic N) is 3. The van der Waals surface area contributed by atoms with Crippen LogP contribution in [0.5, 0.6) is 11.5 Å². The Hall–Kier alpha value is -4.51. The van der Waals surface area contributed by atoms with E-state index < -0.39 is 5.97 Å². The molecule has 8 nitrogen and oxygen atoms in total. The Morgan fingerprint density at radius 2 is 2.09 bits per heavy atom. The first-order valence-corrected chi connectivity index (χ1v) is 10.4. The van der Waals surface area contributed by atoms with Crippen molar-refractivity contribution in [3.63, 3.8) is 0 Å². The first-order valence-electron chi connectivity index (χ1n) is 10.4. The number of benzene rings is 1. The van der Waals surface area contributed by atoms with E-state index in [1.165, 1.54) is 24.0 Å². The molecule has 1 aliphatic rings. The van der Waals surface area contributed by atoms with Crippen LogP contribution in [0.3, 0.4) is 0 Å². The number of methoxy groups -OCH3 is 1. The number of fused-ring (bicyclic) bond motifs is 1. The number of rotatable bonds is 7. The lowest BCUT2D eigenvalue weighted by Gasteiger charge is -2.12. The third-order valence-electron chi connectivity index (χ3n) is 4.89. The SMILES string of the molecule is CCOC(=O)c1cn2ncc(C#N)c(Nc3ccc(OC4=CC=CCC=C4)cc3)c2c1OC. The van der Waals surface area contributed by atoms with Crippen molar-refractivity contribution < 1.29 is 19.0 Å². The van der Waals surface area contributed by atoms with Crippen LogP contribution >= 0.6 is 0 Å². The number of aromatic nitrogens is 2. The summed E-state index contributed by atoms with van der Waals surface area (Å²) in [5, 5.41) is 17.2. The highest BCUT2D eigenvalue weighted by Gasteiger charge is 2.24. The van der Waals surface area contributed by atoms with Gasteiger partial charge in [-0.2, -0.15) is 10.4 Å². The minimum atomic E-state index is -0.525. The van der Waals surface area contributed by atoms with Gasteiger partial charge in [0.05, 0.1) is 31.2 Å². The van der Waals surface area contributed by atoms with Gasteiger partial charge in [-0.1, -0.05) is 18.2 Å². The fourth-order valence-electron chi connectivity index (χ4n) is 3.39. The lowest BCUT2D eigenvalue weighted by Crippen LogP contribution is -2.05. The molecule has 1 N–H and O–H groups in total. The van der Waals surface area contributed by atoms with Gasteiger partial charge in [0.2, 0.25) is 0 Å². The summed E-state index contributed by atoms with van der Waals surface area (Å²) in [6.45, 7) is 1.96. The van der Waals surface area contributed by atoms with Gasteiger partial charge in [-0.15, -0.1) is 0 Å². The molecule has 0 unspecified atom stereocenters. The van der Waals surface area contributed by atoms with Crippen LogP contribution in [0.2, 0.25) is 0 Å². The summed E-state index contributed by atoms with van der Waals surface area (Å²) in [6.07, 6.45) is 13.7. The second-order valence-corrected chi connectivity index (χ2v) is 7.02. The van der Waals surface area contributed by atoms with Gasteiger partial charge in [-0.3, -0.25) is 0 Å². The Morgan fingerprint density at radius 1 is 1.27 bits per heavy atom. The fourth-order valence-corrected chi connectivity index (χ4v) is 3.39. The largest absolute Gasteiger partial charge is 0.493 e. The molecular formula is C25H22N4O4. The van der Waals surface area contributed by atoms with Crippen molar-refractivity contribution >= 4 is 22.9 Å². The van der Waals surface area contributed by atoms with Crippen molar-refractivity contribution in [3.05, 3.63) is 83.9 Å². The average molecular weight is 442 g/mol. The molecule has 4 rings (SSSR count). The van der Waals surface area contributed by atoms with Crippen molar-refractivity contribution in [2.75, 3.05) is 19.0 Å². The first-order chi connectivity index (χ1) is 16.1. The summed E-state index contributed by atoms with van der Waals surface area (Å²) in [7, 11) is 1.46. The van der Waals surface area contributed by atoms with Crippen LogP contribution in [0, 0.1) is 11.3 Å². The molecular weight excluding hydrogens is 420 g/mol. The highest BCUT2D eigenvalue weighted by molar-refractivity contribution is 5.99. The second-order valence-electron chi connectivity index (χ2n) is 7.02. The minimum Gasteiger partial charge on any atom is -0.493 e. The van der Waals surface area contributed by atoms with E-state index in [2.05, 4.69) is 16.5 Å². The number of hydrogen-bond acceptors (Lipinski definition) is 7. The Morgan fingerprint density at radius 3 is 2.82 bits per heavy atom. The van der Waals surface area contributed by atoms with Crippen LogP contribution in [0.15, 0.2) is 72.8 Å². The van der Waals surface area contributed by atoms with Gasteiger partial charge in [-0.05, 0) is 49.8 Å². The zero-order chi connectivity index (χ0) is 23.2. The predicted octanol–water partition coefficient (Wildman–Crippen LogP) is 4.91. The van der Waals surface area contributed by atoms with E-state index in [1.54, 1.807) is 6.92 Å². The molecule has 166 valence electrons. The highest BCUT2D eigenvalue weighted by atomic mass is 16.5. The van der Waals surface area contributed by atoms with Gasteiger partial charge in [0.15, 0.2) is 5.75 Å². The normalized spacial score (nSPS) is 12.6. The van der Waals surface area contributed by atoms with Gasteiger partial charge < -0.3 is 19.5 Å². The van der Waals surface area contributed by atoms with Gasteiger partial charge in [-0.25, -0.2) is 9.31 Å². The zero-order valence-corrected chi connectivity index (χ0v) is 18.2. The number of ether oxygens (including phenoxy) is 3. The quantitative estimate of drug-likeness (QED) is 0.519. The molecule has 0 radical (unpaired) electrons. The van der Waals surface area contributed by atoms with E-state index in [0.717, 1.165) is 17.9 Å². The van der Waals surface area contributed by atoms with E-state index in [0.29, 0.717) is 22.5 Å². The van der Waals surface area contributed by atoms with E-state index >= 15 is 0 Å². The van der Waals surface area contributed by atoms with E-state index in [1.807, 2.05) is 54.6 Å². The molecule has 0 amide bonds. The molecule has 2 heterocycles. The third kappa shape index (κ3) is 4.57. The number of anilines is 2. The second kappa shape index (κ2) is 9.75. The third-order valence-corrected chi connectivity index (χ3v) is 4.89. The maximum Gasteiger partial charge on any atom is 0.343 e. The van der Waals surface area contributed by atoms with E-state index in [-0.39, 0.29) is 17.9 Å². The number of nitrogens with one attached hydrogen (secondary N) is 1. The monoisotopic (exact) mass is 442 g/mol. The molecule has 0 aliphatic heterocycles. The summed E-state index contributed by atoms with van der Waals surface area (Å²) in [6, 6.07) is 9.47. The smallest absolute Gasteiger partial charge is 0.343 e. The number of nitriles is 1. The van der Waals surface area contributed by atoms with Crippen molar-refractivity contribution in [1.82, 2.24) is 9.61 Å². The van der Waals surface area contributed by atoms with Crippen molar-refractivity contribution in [3.8, 4) is 17.6 Å². The summed E-state index contributed by atoms with van der Waals surface area (Å²) in [5.74, 6) is 1.18. The Kier molecular flexibility index (Phi) is 6.41. The average Bonchev–Trinajstić information content (AvgIpc) is 3.02. The molecule has 33 heavy (non-hydrogen) atoms. The van der Waals surface area contributed by atoms with Crippen molar-refractivity contribution in [1.29, 1.82) is 5.26 Å². The molecule has 8 heteroatoms. The lowest BCUT2D eigenvalue weighted by molar-refractivity contribution is 0.0523. The molecule has 1 aromatic carbocycles. The maximum atomic E-state index is 12.4. The summed E-state index contributed by atoms with van der Waals surface area (Å²) >= 11 is 0. The number of esters is 1.